The second-order valence-corrected chi connectivity index (χ2v) is 7.67. The molecule has 6 heteroatoms. The number of aromatic nitrogens is 2. The number of piperidine rings is 1. The minimum absolute atomic E-state index is 0.207. The van der Waals surface area contributed by atoms with E-state index in [9.17, 15) is 9.90 Å². The number of thiophene rings is 1. The molecule has 0 unspecified atom stereocenters. The number of aryl methyl sites for hydroxylation is 3. The van der Waals surface area contributed by atoms with Crippen molar-refractivity contribution in [1.29, 1.82) is 0 Å². The number of rotatable bonds is 2. The lowest BCUT2D eigenvalue weighted by Crippen LogP contribution is -2.37. The van der Waals surface area contributed by atoms with Crippen molar-refractivity contribution in [3.8, 4) is 0 Å². The molecule has 4 rings (SSSR count). The fraction of sp³-hybridized carbons (Fsp3) is 0.588. The van der Waals surface area contributed by atoms with Gasteiger partial charge in [-0.25, -0.2) is 9.97 Å². The van der Waals surface area contributed by atoms with E-state index in [-0.39, 0.29) is 5.92 Å². The van der Waals surface area contributed by atoms with Gasteiger partial charge in [0.25, 0.3) is 0 Å². The van der Waals surface area contributed by atoms with Crippen molar-refractivity contribution >= 4 is 33.3 Å². The second-order valence-electron chi connectivity index (χ2n) is 6.59. The Morgan fingerprint density at radius 2 is 1.96 bits per heavy atom. The highest BCUT2D eigenvalue weighted by Gasteiger charge is 2.28. The predicted octanol–water partition coefficient (Wildman–Crippen LogP) is 3.18. The van der Waals surface area contributed by atoms with E-state index in [1.54, 1.807) is 0 Å². The second kappa shape index (κ2) is 5.74. The van der Waals surface area contributed by atoms with Gasteiger partial charge >= 0.3 is 5.97 Å². The summed E-state index contributed by atoms with van der Waals surface area (Å²) in [6, 6.07) is 0. The largest absolute Gasteiger partial charge is 0.481 e. The van der Waals surface area contributed by atoms with Crippen LogP contribution >= 0.6 is 11.3 Å². The summed E-state index contributed by atoms with van der Waals surface area (Å²) in [5, 5.41) is 10.4. The zero-order valence-corrected chi connectivity index (χ0v) is 14.2. The van der Waals surface area contributed by atoms with Gasteiger partial charge in [-0.3, -0.25) is 4.79 Å². The molecule has 0 spiro atoms. The maximum atomic E-state index is 11.2. The van der Waals surface area contributed by atoms with Crippen LogP contribution in [0.5, 0.6) is 0 Å². The number of anilines is 1. The Morgan fingerprint density at radius 3 is 2.70 bits per heavy atom. The van der Waals surface area contributed by atoms with E-state index in [0.717, 1.165) is 42.4 Å². The monoisotopic (exact) mass is 331 g/mol. The quantitative estimate of drug-likeness (QED) is 0.915. The summed E-state index contributed by atoms with van der Waals surface area (Å²) in [6.07, 6.45) is 6.20. The van der Waals surface area contributed by atoms with Crippen LogP contribution in [0.2, 0.25) is 0 Å². The number of aliphatic carboxylic acids is 1. The summed E-state index contributed by atoms with van der Waals surface area (Å²) >= 11 is 1.83. The van der Waals surface area contributed by atoms with Gasteiger partial charge in [-0.15, -0.1) is 11.3 Å². The Bertz CT molecular complexity index is 763. The third-order valence-corrected chi connectivity index (χ3v) is 6.24. The molecule has 0 atom stereocenters. The zero-order valence-electron chi connectivity index (χ0n) is 13.3. The first-order chi connectivity index (χ1) is 11.1. The van der Waals surface area contributed by atoms with Crippen LogP contribution in [0.1, 0.15) is 41.9 Å². The zero-order chi connectivity index (χ0) is 16.0. The van der Waals surface area contributed by atoms with Gasteiger partial charge in [-0.2, -0.15) is 0 Å². The number of carbonyl (C=O) groups is 1. The molecule has 2 aromatic rings. The highest BCUT2D eigenvalue weighted by molar-refractivity contribution is 7.19. The van der Waals surface area contributed by atoms with Gasteiger partial charge in [0.1, 0.15) is 16.5 Å². The first-order valence-corrected chi connectivity index (χ1v) is 9.22. The van der Waals surface area contributed by atoms with Gasteiger partial charge in [0.2, 0.25) is 0 Å². The average Bonchev–Trinajstić information content (AvgIpc) is 2.92. The van der Waals surface area contributed by atoms with Crippen molar-refractivity contribution in [3.05, 3.63) is 16.3 Å². The molecule has 0 aromatic carbocycles. The van der Waals surface area contributed by atoms with Crippen LogP contribution in [0.4, 0.5) is 5.82 Å². The Morgan fingerprint density at radius 1 is 1.22 bits per heavy atom. The Balaban J connectivity index is 1.74. The summed E-state index contributed by atoms with van der Waals surface area (Å²) in [4.78, 5) is 25.5. The van der Waals surface area contributed by atoms with E-state index in [0.29, 0.717) is 12.8 Å². The highest BCUT2D eigenvalue weighted by atomic mass is 32.1. The Hall–Kier alpha value is -1.69. The van der Waals surface area contributed by atoms with Crippen LogP contribution in [0.25, 0.3) is 10.2 Å². The molecule has 1 aliphatic carbocycles. The van der Waals surface area contributed by atoms with Crippen molar-refractivity contribution in [2.75, 3.05) is 18.0 Å². The molecule has 2 aromatic heterocycles. The molecule has 2 aliphatic rings. The van der Waals surface area contributed by atoms with E-state index >= 15 is 0 Å². The molecule has 1 N–H and O–H groups in total. The SMILES string of the molecule is Cc1nc(N2CCC(C(=O)O)CC2)c2c3c(sc2n1)CCCC3. The van der Waals surface area contributed by atoms with Crippen LogP contribution < -0.4 is 4.90 Å². The predicted molar refractivity (Wildman–Crippen MR) is 91.4 cm³/mol. The smallest absolute Gasteiger partial charge is 0.306 e. The normalized spacial score (nSPS) is 19.1. The molecule has 0 saturated carbocycles. The van der Waals surface area contributed by atoms with Crippen LogP contribution in [-0.4, -0.2) is 34.1 Å². The van der Waals surface area contributed by atoms with Gasteiger partial charge in [-0.05, 0) is 51.0 Å². The molecule has 3 heterocycles. The lowest BCUT2D eigenvalue weighted by Gasteiger charge is -2.31. The van der Waals surface area contributed by atoms with Gasteiger partial charge < -0.3 is 10.0 Å². The molecule has 122 valence electrons. The van der Waals surface area contributed by atoms with E-state index in [4.69, 9.17) is 4.98 Å². The van der Waals surface area contributed by atoms with Crippen molar-refractivity contribution < 1.29 is 9.90 Å². The number of fused-ring (bicyclic) bond motifs is 3. The highest BCUT2D eigenvalue weighted by Crippen LogP contribution is 2.40. The van der Waals surface area contributed by atoms with E-state index in [1.165, 1.54) is 28.7 Å². The van der Waals surface area contributed by atoms with Gasteiger partial charge in [0.05, 0.1) is 11.3 Å². The maximum Gasteiger partial charge on any atom is 0.306 e. The summed E-state index contributed by atoms with van der Waals surface area (Å²) in [6.45, 7) is 3.49. The molecular weight excluding hydrogens is 310 g/mol. The van der Waals surface area contributed by atoms with Gasteiger partial charge in [0.15, 0.2) is 0 Å². The summed E-state index contributed by atoms with van der Waals surface area (Å²) in [5.74, 6) is 0.977. The Labute approximate surface area is 139 Å². The molecule has 0 radical (unpaired) electrons. The molecular formula is C17H21N3O2S. The lowest BCUT2D eigenvalue weighted by molar-refractivity contribution is -0.142. The van der Waals surface area contributed by atoms with Gasteiger partial charge in [-0.1, -0.05) is 0 Å². The van der Waals surface area contributed by atoms with Crippen LogP contribution in [0, 0.1) is 12.8 Å². The van der Waals surface area contributed by atoms with Crippen molar-refractivity contribution in [2.45, 2.75) is 45.4 Å². The van der Waals surface area contributed by atoms with Crippen LogP contribution in [0.3, 0.4) is 0 Å². The van der Waals surface area contributed by atoms with Crippen LogP contribution in [-0.2, 0) is 17.6 Å². The number of carboxylic acid groups (broad SMARTS) is 1. The molecule has 5 nitrogen and oxygen atoms in total. The fourth-order valence-electron chi connectivity index (χ4n) is 3.81. The molecule has 1 aliphatic heterocycles. The van der Waals surface area contributed by atoms with Crippen LogP contribution in [0.15, 0.2) is 0 Å². The number of nitrogens with zero attached hydrogens (tertiary/aromatic N) is 3. The van der Waals surface area contributed by atoms with Crippen molar-refractivity contribution in [3.63, 3.8) is 0 Å². The van der Waals surface area contributed by atoms with Gasteiger partial charge in [0, 0.05) is 18.0 Å². The first-order valence-electron chi connectivity index (χ1n) is 8.40. The minimum Gasteiger partial charge on any atom is -0.481 e. The fourth-order valence-corrected chi connectivity index (χ4v) is 5.11. The van der Waals surface area contributed by atoms with Crippen molar-refractivity contribution in [2.24, 2.45) is 5.92 Å². The number of carboxylic acids is 1. The molecule has 0 bridgehead atoms. The van der Waals surface area contributed by atoms with E-state index in [1.807, 2.05) is 18.3 Å². The van der Waals surface area contributed by atoms with E-state index < -0.39 is 5.97 Å². The molecule has 1 saturated heterocycles. The standard InChI is InChI=1S/C17H21N3O2S/c1-10-18-15(20-8-6-11(7-9-20)17(21)22)14-12-4-2-3-5-13(12)23-16(14)19-10/h11H,2-9H2,1H3,(H,21,22). The third kappa shape index (κ3) is 2.59. The molecule has 0 amide bonds. The van der Waals surface area contributed by atoms with Crippen molar-refractivity contribution in [1.82, 2.24) is 9.97 Å². The third-order valence-electron chi connectivity index (χ3n) is 5.05. The molecule has 23 heavy (non-hydrogen) atoms. The lowest BCUT2D eigenvalue weighted by atomic mass is 9.95. The topological polar surface area (TPSA) is 66.3 Å². The first kappa shape index (κ1) is 14.9. The Kier molecular flexibility index (Phi) is 3.71. The number of hydrogen-bond donors (Lipinski definition) is 1. The average molecular weight is 331 g/mol. The maximum absolute atomic E-state index is 11.2. The summed E-state index contributed by atoms with van der Waals surface area (Å²) in [5.41, 5.74) is 1.45. The summed E-state index contributed by atoms with van der Waals surface area (Å²) < 4.78 is 0. The minimum atomic E-state index is -0.665. The summed E-state index contributed by atoms with van der Waals surface area (Å²) in [7, 11) is 0. The number of hydrogen-bond acceptors (Lipinski definition) is 5. The molecule has 1 fully saturated rings. The van der Waals surface area contributed by atoms with E-state index in [2.05, 4.69) is 9.88 Å².